The minimum absolute atomic E-state index is 0.0911. The Bertz CT molecular complexity index is 609. The van der Waals surface area contributed by atoms with Crippen LogP contribution in [0.4, 0.5) is 5.69 Å². The van der Waals surface area contributed by atoms with Crippen LogP contribution in [-0.4, -0.2) is 22.0 Å². The molecule has 0 aliphatic carbocycles. The fourth-order valence-electron chi connectivity index (χ4n) is 1.88. The first-order valence-corrected chi connectivity index (χ1v) is 6.64. The molecule has 1 aromatic carbocycles. The van der Waals surface area contributed by atoms with Crippen molar-refractivity contribution in [2.24, 2.45) is 0 Å². The number of nitrogens with one attached hydrogen (secondary N) is 1. The number of carbonyl (C=O) groups excluding carboxylic acids is 1. The highest BCUT2D eigenvalue weighted by Crippen LogP contribution is 2.09. The Hall–Kier alpha value is -2.69. The molecule has 0 saturated heterocycles. The number of pyridine rings is 1. The van der Waals surface area contributed by atoms with Crippen molar-refractivity contribution in [1.82, 2.24) is 4.98 Å². The van der Waals surface area contributed by atoms with Gasteiger partial charge in [0.2, 0.25) is 5.91 Å². The van der Waals surface area contributed by atoms with Gasteiger partial charge in [-0.05, 0) is 24.1 Å². The summed E-state index contributed by atoms with van der Waals surface area (Å²) in [4.78, 5) is 26.4. The third kappa shape index (κ3) is 5.06. The van der Waals surface area contributed by atoms with Gasteiger partial charge in [-0.1, -0.05) is 30.3 Å². The lowest BCUT2D eigenvalue weighted by atomic mass is 10.1. The molecular formula is C16H16N2O3. The molecule has 5 heteroatoms. The minimum atomic E-state index is -0.929. The first-order chi connectivity index (χ1) is 10.1. The van der Waals surface area contributed by atoms with Crippen molar-refractivity contribution in [3.63, 3.8) is 0 Å². The second kappa shape index (κ2) is 7.19. The number of carbonyl (C=O) groups is 2. The number of aliphatic carboxylic acids is 1. The third-order valence-corrected chi connectivity index (χ3v) is 2.92. The van der Waals surface area contributed by atoms with Crippen LogP contribution in [0.25, 0.3) is 0 Å². The van der Waals surface area contributed by atoms with Crippen molar-refractivity contribution >= 4 is 17.6 Å². The molecule has 0 atom stereocenters. The molecule has 0 aliphatic rings. The number of hydrogen-bond acceptors (Lipinski definition) is 3. The smallest absolute Gasteiger partial charge is 0.309 e. The van der Waals surface area contributed by atoms with Gasteiger partial charge in [0.1, 0.15) is 0 Å². The van der Waals surface area contributed by atoms with Crippen LogP contribution in [0.1, 0.15) is 17.7 Å². The number of carboxylic acid groups (broad SMARTS) is 1. The summed E-state index contributed by atoms with van der Waals surface area (Å²) < 4.78 is 0. The number of anilines is 1. The average Bonchev–Trinajstić information content (AvgIpc) is 2.48. The number of aryl methyl sites for hydroxylation is 1. The Morgan fingerprint density at radius 3 is 2.48 bits per heavy atom. The van der Waals surface area contributed by atoms with Gasteiger partial charge in [-0.2, -0.15) is 0 Å². The van der Waals surface area contributed by atoms with Gasteiger partial charge in [0.15, 0.2) is 0 Å². The number of amides is 1. The zero-order chi connectivity index (χ0) is 15.1. The molecule has 108 valence electrons. The fraction of sp³-hybridized carbons (Fsp3) is 0.188. The van der Waals surface area contributed by atoms with Crippen LogP contribution in [0.15, 0.2) is 48.7 Å². The maximum atomic E-state index is 11.8. The summed E-state index contributed by atoms with van der Waals surface area (Å²) in [5.74, 6) is -1.02. The Kier molecular flexibility index (Phi) is 5.04. The summed E-state index contributed by atoms with van der Waals surface area (Å²) in [6, 6.07) is 13.0. The van der Waals surface area contributed by atoms with E-state index < -0.39 is 5.97 Å². The van der Waals surface area contributed by atoms with E-state index in [9.17, 15) is 9.59 Å². The highest BCUT2D eigenvalue weighted by Gasteiger charge is 2.05. The van der Waals surface area contributed by atoms with Gasteiger partial charge >= 0.3 is 5.97 Å². The Morgan fingerprint density at radius 1 is 1.10 bits per heavy atom. The van der Waals surface area contributed by atoms with Crippen LogP contribution in [0.5, 0.6) is 0 Å². The highest BCUT2D eigenvalue weighted by atomic mass is 16.4. The van der Waals surface area contributed by atoms with Crippen molar-refractivity contribution in [1.29, 1.82) is 0 Å². The van der Waals surface area contributed by atoms with Crippen LogP contribution in [0.2, 0.25) is 0 Å². The minimum Gasteiger partial charge on any atom is -0.481 e. The summed E-state index contributed by atoms with van der Waals surface area (Å²) in [5.41, 5.74) is 2.15. The summed E-state index contributed by atoms with van der Waals surface area (Å²) in [7, 11) is 0. The lowest BCUT2D eigenvalue weighted by molar-refractivity contribution is -0.136. The Labute approximate surface area is 122 Å². The molecule has 0 radical (unpaired) electrons. The van der Waals surface area contributed by atoms with Crippen LogP contribution in [-0.2, 0) is 22.4 Å². The molecule has 1 amide bonds. The van der Waals surface area contributed by atoms with Gasteiger partial charge in [-0.15, -0.1) is 0 Å². The second-order valence-corrected chi connectivity index (χ2v) is 4.64. The number of aromatic nitrogens is 1. The topological polar surface area (TPSA) is 79.3 Å². The van der Waals surface area contributed by atoms with Gasteiger partial charge in [0.05, 0.1) is 24.0 Å². The fourth-order valence-corrected chi connectivity index (χ4v) is 1.88. The molecule has 0 saturated carbocycles. The Balaban J connectivity index is 1.83. The predicted molar refractivity (Wildman–Crippen MR) is 79.0 cm³/mol. The standard InChI is InChI=1S/C16H16N2O3/c19-15(9-6-12-4-2-1-3-5-12)18-14-8-7-13(17-11-14)10-16(20)21/h1-5,7-8,11H,6,9-10H2,(H,18,19)(H,20,21). The summed E-state index contributed by atoms with van der Waals surface area (Å²) >= 11 is 0. The Morgan fingerprint density at radius 2 is 1.86 bits per heavy atom. The first-order valence-electron chi connectivity index (χ1n) is 6.64. The number of benzene rings is 1. The van der Waals surface area contributed by atoms with Crippen molar-refractivity contribution in [3.8, 4) is 0 Å². The number of rotatable bonds is 6. The van der Waals surface area contributed by atoms with Gasteiger partial charge < -0.3 is 10.4 Å². The zero-order valence-electron chi connectivity index (χ0n) is 11.5. The number of carboxylic acids is 1. The van der Waals surface area contributed by atoms with Crippen molar-refractivity contribution < 1.29 is 14.7 Å². The summed E-state index contributed by atoms with van der Waals surface area (Å²) in [5, 5.41) is 11.4. The van der Waals surface area contributed by atoms with Crippen molar-refractivity contribution in [3.05, 3.63) is 59.9 Å². The van der Waals surface area contributed by atoms with Crippen molar-refractivity contribution in [2.45, 2.75) is 19.3 Å². The molecule has 2 aromatic rings. The molecule has 0 bridgehead atoms. The van der Waals surface area contributed by atoms with E-state index in [4.69, 9.17) is 5.11 Å². The number of hydrogen-bond donors (Lipinski definition) is 2. The quantitative estimate of drug-likeness (QED) is 0.853. The molecule has 0 aliphatic heterocycles. The molecule has 1 heterocycles. The number of nitrogens with zero attached hydrogens (tertiary/aromatic N) is 1. The molecule has 1 aromatic heterocycles. The average molecular weight is 284 g/mol. The molecule has 0 spiro atoms. The maximum absolute atomic E-state index is 11.8. The van der Waals surface area contributed by atoms with E-state index in [-0.39, 0.29) is 12.3 Å². The van der Waals surface area contributed by atoms with Crippen LogP contribution in [0, 0.1) is 0 Å². The molecule has 2 N–H and O–H groups in total. The molecule has 0 fully saturated rings. The molecule has 0 unspecified atom stereocenters. The van der Waals surface area contributed by atoms with Gasteiger partial charge in [-0.3, -0.25) is 14.6 Å². The molecule has 5 nitrogen and oxygen atoms in total. The van der Waals surface area contributed by atoms with Gasteiger partial charge in [0, 0.05) is 6.42 Å². The van der Waals surface area contributed by atoms with E-state index in [1.165, 1.54) is 6.20 Å². The van der Waals surface area contributed by atoms with Crippen molar-refractivity contribution in [2.75, 3.05) is 5.32 Å². The van der Waals surface area contributed by atoms with E-state index >= 15 is 0 Å². The molecule has 21 heavy (non-hydrogen) atoms. The summed E-state index contributed by atoms with van der Waals surface area (Å²) in [6.07, 6.45) is 2.42. The third-order valence-electron chi connectivity index (χ3n) is 2.92. The van der Waals surface area contributed by atoms with Gasteiger partial charge in [0.25, 0.3) is 0 Å². The zero-order valence-corrected chi connectivity index (χ0v) is 11.5. The lowest BCUT2D eigenvalue weighted by Crippen LogP contribution is -2.12. The first kappa shape index (κ1) is 14.7. The SMILES string of the molecule is O=C(O)Cc1ccc(NC(=O)CCc2ccccc2)cn1. The van der Waals surface area contributed by atoms with E-state index in [1.807, 2.05) is 30.3 Å². The maximum Gasteiger partial charge on any atom is 0.309 e. The summed E-state index contributed by atoms with van der Waals surface area (Å²) in [6.45, 7) is 0. The predicted octanol–water partition coefficient (Wildman–Crippen LogP) is 2.28. The lowest BCUT2D eigenvalue weighted by Gasteiger charge is -2.05. The van der Waals surface area contributed by atoms with E-state index in [0.29, 0.717) is 24.2 Å². The second-order valence-electron chi connectivity index (χ2n) is 4.64. The van der Waals surface area contributed by atoms with Crippen LogP contribution >= 0.6 is 0 Å². The molecule has 2 rings (SSSR count). The highest BCUT2D eigenvalue weighted by molar-refractivity contribution is 5.90. The normalized spacial score (nSPS) is 10.1. The largest absolute Gasteiger partial charge is 0.481 e. The van der Waals surface area contributed by atoms with Gasteiger partial charge in [-0.25, -0.2) is 0 Å². The van der Waals surface area contributed by atoms with E-state index in [0.717, 1.165) is 5.56 Å². The molecular weight excluding hydrogens is 268 g/mol. The van der Waals surface area contributed by atoms with E-state index in [1.54, 1.807) is 12.1 Å². The van der Waals surface area contributed by atoms with Crippen LogP contribution in [0.3, 0.4) is 0 Å². The van der Waals surface area contributed by atoms with Crippen LogP contribution < -0.4 is 5.32 Å². The monoisotopic (exact) mass is 284 g/mol. The van der Waals surface area contributed by atoms with E-state index in [2.05, 4.69) is 10.3 Å².